The topological polar surface area (TPSA) is 60.7 Å². The van der Waals surface area contributed by atoms with E-state index in [1.165, 1.54) is 17.9 Å². The Bertz CT molecular complexity index is 450. The average Bonchev–Trinajstić information content (AvgIpc) is 2.71. The van der Waals surface area contributed by atoms with E-state index in [4.69, 9.17) is 0 Å². The quantitative estimate of drug-likeness (QED) is 0.656. The van der Waals surface area contributed by atoms with Gasteiger partial charge in [-0.25, -0.2) is 4.68 Å². The van der Waals surface area contributed by atoms with Gasteiger partial charge in [-0.1, -0.05) is 12.1 Å². The molecule has 0 unspecified atom stereocenters. The molecule has 0 fully saturated rings. The molecule has 0 spiro atoms. The summed E-state index contributed by atoms with van der Waals surface area (Å²) in [5, 5.41) is 10.8. The summed E-state index contributed by atoms with van der Waals surface area (Å²) in [6, 6.07) is 7.14. The van der Waals surface area contributed by atoms with Gasteiger partial charge >= 0.3 is 0 Å². The van der Waals surface area contributed by atoms with E-state index in [1.807, 2.05) is 6.07 Å². The fraction of sp³-hybridized carbons (Fsp3) is 0.111. The molecule has 0 aliphatic carbocycles. The number of Topliss-reactive ketones (excluding diaryl/α,β-unsaturated/α-hetero) is 1. The minimum atomic E-state index is 0.0277. The summed E-state index contributed by atoms with van der Waals surface area (Å²) in [4.78, 5) is 11.1. The molecule has 1 aromatic heterocycles. The monoisotopic (exact) mass is 188 g/mol. The van der Waals surface area contributed by atoms with Gasteiger partial charge in [0.1, 0.15) is 6.33 Å². The van der Waals surface area contributed by atoms with Crippen LogP contribution >= 0.6 is 0 Å². The second-order valence-electron chi connectivity index (χ2n) is 2.86. The Morgan fingerprint density at radius 2 is 2.29 bits per heavy atom. The first-order valence-corrected chi connectivity index (χ1v) is 4.12. The Labute approximate surface area is 80.4 Å². The van der Waals surface area contributed by atoms with Gasteiger partial charge < -0.3 is 0 Å². The summed E-state index contributed by atoms with van der Waals surface area (Å²) in [5.74, 6) is 0.0277. The lowest BCUT2D eigenvalue weighted by atomic mass is 10.1. The van der Waals surface area contributed by atoms with Gasteiger partial charge in [0, 0.05) is 5.56 Å². The summed E-state index contributed by atoms with van der Waals surface area (Å²) in [6.07, 6.45) is 1.49. The smallest absolute Gasteiger partial charge is 0.159 e. The normalized spacial score (nSPS) is 10.1. The molecule has 70 valence electrons. The van der Waals surface area contributed by atoms with Crippen LogP contribution in [0.2, 0.25) is 0 Å². The highest BCUT2D eigenvalue weighted by molar-refractivity contribution is 5.94. The van der Waals surface area contributed by atoms with E-state index in [2.05, 4.69) is 15.5 Å². The zero-order valence-electron chi connectivity index (χ0n) is 7.58. The van der Waals surface area contributed by atoms with E-state index in [-0.39, 0.29) is 5.78 Å². The van der Waals surface area contributed by atoms with Crippen LogP contribution in [0.25, 0.3) is 5.69 Å². The van der Waals surface area contributed by atoms with Crippen molar-refractivity contribution in [3.05, 3.63) is 36.2 Å². The van der Waals surface area contributed by atoms with E-state index in [9.17, 15) is 4.79 Å². The van der Waals surface area contributed by atoms with Gasteiger partial charge in [-0.3, -0.25) is 4.79 Å². The molecule has 5 nitrogen and oxygen atoms in total. The van der Waals surface area contributed by atoms with Crippen LogP contribution in [0.1, 0.15) is 17.3 Å². The van der Waals surface area contributed by atoms with E-state index in [0.717, 1.165) is 5.69 Å². The lowest BCUT2D eigenvalue weighted by Crippen LogP contribution is -1.98. The van der Waals surface area contributed by atoms with Gasteiger partial charge in [0.25, 0.3) is 0 Å². The van der Waals surface area contributed by atoms with Crippen LogP contribution in [-0.2, 0) is 0 Å². The zero-order valence-corrected chi connectivity index (χ0v) is 7.58. The molecule has 0 N–H and O–H groups in total. The number of ketones is 1. The fourth-order valence-electron chi connectivity index (χ4n) is 1.15. The fourth-order valence-corrected chi connectivity index (χ4v) is 1.15. The average molecular weight is 188 g/mol. The minimum Gasteiger partial charge on any atom is -0.295 e. The highest BCUT2D eigenvalue weighted by Crippen LogP contribution is 2.08. The largest absolute Gasteiger partial charge is 0.295 e. The van der Waals surface area contributed by atoms with Crippen molar-refractivity contribution >= 4 is 5.78 Å². The molecule has 0 bridgehead atoms. The van der Waals surface area contributed by atoms with Crippen LogP contribution in [0.15, 0.2) is 30.6 Å². The Kier molecular flexibility index (Phi) is 2.06. The standard InChI is InChI=1S/C9H8N4O/c1-7(14)8-3-2-4-9(5-8)13-6-10-11-12-13/h2-6H,1H3. The number of tetrazole rings is 1. The third kappa shape index (κ3) is 1.52. The first-order chi connectivity index (χ1) is 6.77. The Balaban J connectivity index is 2.46. The number of carbonyl (C=O) groups excluding carboxylic acids is 1. The molecule has 5 heteroatoms. The molecule has 0 aliphatic rings. The number of nitrogens with zero attached hydrogens (tertiary/aromatic N) is 4. The number of rotatable bonds is 2. The molecule has 0 saturated heterocycles. The number of carbonyl (C=O) groups is 1. The number of benzene rings is 1. The molecular weight excluding hydrogens is 180 g/mol. The van der Waals surface area contributed by atoms with Crippen LogP contribution < -0.4 is 0 Å². The summed E-state index contributed by atoms with van der Waals surface area (Å²) in [5.41, 5.74) is 1.43. The van der Waals surface area contributed by atoms with Crippen molar-refractivity contribution < 1.29 is 4.79 Å². The Morgan fingerprint density at radius 1 is 1.43 bits per heavy atom. The maximum Gasteiger partial charge on any atom is 0.159 e. The van der Waals surface area contributed by atoms with Gasteiger partial charge in [-0.2, -0.15) is 0 Å². The van der Waals surface area contributed by atoms with E-state index in [0.29, 0.717) is 5.56 Å². The molecule has 1 heterocycles. The van der Waals surface area contributed by atoms with Crippen LogP contribution in [0.5, 0.6) is 0 Å². The van der Waals surface area contributed by atoms with Crippen molar-refractivity contribution in [1.29, 1.82) is 0 Å². The molecule has 0 saturated carbocycles. The highest BCUT2D eigenvalue weighted by atomic mass is 16.1. The predicted molar refractivity (Wildman–Crippen MR) is 49.2 cm³/mol. The van der Waals surface area contributed by atoms with Crippen molar-refractivity contribution in [3.8, 4) is 5.69 Å². The third-order valence-corrected chi connectivity index (χ3v) is 1.87. The second-order valence-corrected chi connectivity index (χ2v) is 2.86. The van der Waals surface area contributed by atoms with Crippen LogP contribution in [-0.4, -0.2) is 26.0 Å². The SMILES string of the molecule is CC(=O)c1cccc(-n2cnnn2)c1. The maximum atomic E-state index is 11.1. The third-order valence-electron chi connectivity index (χ3n) is 1.87. The summed E-state index contributed by atoms with van der Waals surface area (Å²) >= 11 is 0. The molecule has 2 aromatic rings. The van der Waals surface area contributed by atoms with Crippen molar-refractivity contribution in [2.75, 3.05) is 0 Å². The molecule has 1 aromatic carbocycles. The second kappa shape index (κ2) is 3.37. The molecule has 0 amide bonds. The molecule has 14 heavy (non-hydrogen) atoms. The van der Waals surface area contributed by atoms with Crippen molar-refractivity contribution in [2.24, 2.45) is 0 Å². The maximum absolute atomic E-state index is 11.1. The van der Waals surface area contributed by atoms with E-state index >= 15 is 0 Å². The van der Waals surface area contributed by atoms with E-state index in [1.54, 1.807) is 18.2 Å². The number of aromatic nitrogens is 4. The zero-order chi connectivity index (χ0) is 9.97. The van der Waals surface area contributed by atoms with Gasteiger partial charge in [-0.15, -0.1) is 5.10 Å². The Hall–Kier alpha value is -2.04. The lowest BCUT2D eigenvalue weighted by Gasteiger charge is -2.00. The minimum absolute atomic E-state index is 0.0277. The molecule has 2 rings (SSSR count). The van der Waals surface area contributed by atoms with Crippen molar-refractivity contribution in [2.45, 2.75) is 6.92 Å². The first kappa shape index (κ1) is 8.55. The van der Waals surface area contributed by atoms with Crippen molar-refractivity contribution in [3.63, 3.8) is 0 Å². The van der Waals surface area contributed by atoms with Gasteiger partial charge in [0.2, 0.25) is 0 Å². The summed E-state index contributed by atoms with van der Waals surface area (Å²) in [7, 11) is 0. The summed E-state index contributed by atoms with van der Waals surface area (Å²) < 4.78 is 1.51. The molecule has 0 radical (unpaired) electrons. The lowest BCUT2D eigenvalue weighted by molar-refractivity contribution is 0.101. The van der Waals surface area contributed by atoms with Crippen LogP contribution in [0, 0.1) is 0 Å². The highest BCUT2D eigenvalue weighted by Gasteiger charge is 2.02. The van der Waals surface area contributed by atoms with Gasteiger partial charge in [-0.05, 0) is 29.5 Å². The van der Waals surface area contributed by atoms with Gasteiger partial charge in [0.15, 0.2) is 5.78 Å². The van der Waals surface area contributed by atoms with Crippen LogP contribution in [0.3, 0.4) is 0 Å². The van der Waals surface area contributed by atoms with Gasteiger partial charge in [0.05, 0.1) is 5.69 Å². The molecule has 0 aliphatic heterocycles. The number of hydrogen-bond acceptors (Lipinski definition) is 4. The predicted octanol–water partition coefficient (Wildman–Crippen LogP) is 0.865. The molecule has 0 atom stereocenters. The summed E-state index contributed by atoms with van der Waals surface area (Å²) in [6.45, 7) is 1.53. The number of hydrogen-bond donors (Lipinski definition) is 0. The van der Waals surface area contributed by atoms with Crippen LogP contribution in [0.4, 0.5) is 0 Å². The van der Waals surface area contributed by atoms with Crippen molar-refractivity contribution in [1.82, 2.24) is 20.2 Å². The Morgan fingerprint density at radius 3 is 2.93 bits per heavy atom. The van der Waals surface area contributed by atoms with E-state index < -0.39 is 0 Å². The molecular formula is C9H8N4O. The first-order valence-electron chi connectivity index (χ1n) is 4.12.